The molecule has 0 saturated carbocycles. The van der Waals surface area contributed by atoms with Crippen LogP contribution in [0.5, 0.6) is 5.75 Å². The molecule has 31 heavy (non-hydrogen) atoms. The van der Waals surface area contributed by atoms with Crippen molar-refractivity contribution in [2.24, 2.45) is 0 Å². The summed E-state index contributed by atoms with van der Waals surface area (Å²) >= 11 is 3.43. The second-order valence-corrected chi connectivity index (χ2v) is 10.0. The average Bonchev–Trinajstić information content (AvgIpc) is 2.71. The van der Waals surface area contributed by atoms with E-state index in [0.717, 1.165) is 17.3 Å². The van der Waals surface area contributed by atoms with Gasteiger partial charge in [-0.2, -0.15) is 4.98 Å². The molecule has 0 spiro atoms. The van der Waals surface area contributed by atoms with Crippen molar-refractivity contribution < 1.29 is 18.3 Å². The highest BCUT2D eigenvalue weighted by Gasteiger charge is 2.22. The minimum Gasteiger partial charge on any atom is -0.492 e. The third-order valence-corrected chi connectivity index (χ3v) is 6.48. The van der Waals surface area contributed by atoms with Crippen LogP contribution in [0.1, 0.15) is 12.8 Å². The second kappa shape index (κ2) is 10.6. The maximum atomic E-state index is 12.9. The molecule has 1 aromatic carbocycles. The van der Waals surface area contributed by atoms with E-state index in [0.29, 0.717) is 37.1 Å². The van der Waals surface area contributed by atoms with Gasteiger partial charge in [0.05, 0.1) is 17.2 Å². The Balaban J connectivity index is 1.85. The number of likely N-dealkylation sites (N-methyl/N-ethyl adjacent to an activating group) is 1. The van der Waals surface area contributed by atoms with Gasteiger partial charge in [0.25, 0.3) is 0 Å². The Kier molecular flexibility index (Phi) is 8.06. The fourth-order valence-electron chi connectivity index (χ4n) is 2.99. The molecule has 1 aliphatic rings. The minimum atomic E-state index is -3.88. The van der Waals surface area contributed by atoms with E-state index in [4.69, 9.17) is 4.74 Å². The Morgan fingerprint density at radius 2 is 2.16 bits per heavy atom. The molecule has 4 bridgehead atoms. The van der Waals surface area contributed by atoms with E-state index < -0.39 is 16.1 Å². The first-order valence-electron chi connectivity index (χ1n) is 9.87. The summed E-state index contributed by atoms with van der Waals surface area (Å²) in [4.78, 5) is 10.5. The number of fused-ring (bicyclic) bond motifs is 4. The van der Waals surface area contributed by atoms with Gasteiger partial charge in [-0.15, -0.1) is 0 Å². The Morgan fingerprint density at radius 1 is 1.35 bits per heavy atom. The van der Waals surface area contributed by atoms with Gasteiger partial charge in [-0.25, -0.2) is 18.1 Å². The Morgan fingerprint density at radius 3 is 2.94 bits per heavy atom. The molecule has 3 rings (SSSR count). The van der Waals surface area contributed by atoms with Crippen LogP contribution in [-0.2, 0) is 10.0 Å². The topological polar surface area (TPSA) is 129 Å². The number of aliphatic hydroxyl groups excluding tert-OH is 1. The van der Waals surface area contributed by atoms with E-state index in [9.17, 15) is 13.5 Å². The number of aliphatic hydroxyl groups is 1. The number of ether oxygens (including phenoxy) is 1. The standard InChI is InChI=1S/C19H27BrN6O4S/c1-26(2)12-14(27)10-23-31(28,29)17-6-5-13-9-16(17)30-8-4-3-7-21-18-15(20)11-22-19(24-13)25-18/h5-6,9,11,14,23,27H,3-4,7-8,10,12H2,1-2H3,(H2,21,22,24,25). The quantitative estimate of drug-likeness (QED) is 0.455. The SMILES string of the molecule is CN(C)CC(O)CNS(=O)(=O)c1ccc2cc1OCCCCNc1nc(ncc1Br)N2. The van der Waals surface area contributed by atoms with Gasteiger partial charge < -0.3 is 25.4 Å². The average molecular weight is 515 g/mol. The number of nitrogens with one attached hydrogen (secondary N) is 3. The largest absolute Gasteiger partial charge is 0.492 e. The summed E-state index contributed by atoms with van der Waals surface area (Å²) in [5.74, 6) is 1.28. The van der Waals surface area contributed by atoms with Crippen molar-refractivity contribution in [1.29, 1.82) is 0 Å². The van der Waals surface area contributed by atoms with Crippen LogP contribution in [0.2, 0.25) is 0 Å². The van der Waals surface area contributed by atoms with E-state index in [-0.39, 0.29) is 17.2 Å². The number of nitrogens with zero attached hydrogens (tertiary/aromatic N) is 3. The molecule has 2 aromatic rings. The van der Waals surface area contributed by atoms with Crippen LogP contribution in [0.4, 0.5) is 17.5 Å². The zero-order valence-corrected chi connectivity index (χ0v) is 19.8. The van der Waals surface area contributed by atoms with Crippen LogP contribution in [0.25, 0.3) is 0 Å². The van der Waals surface area contributed by atoms with Crippen LogP contribution in [0.15, 0.2) is 33.8 Å². The fraction of sp³-hybridized carbons (Fsp3) is 0.474. The van der Waals surface area contributed by atoms with E-state index in [1.807, 2.05) is 0 Å². The van der Waals surface area contributed by atoms with Crippen molar-refractivity contribution in [1.82, 2.24) is 19.6 Å². The molecule has 1 aromatic heterocycles. The Hall–Kier alpha value is -1.99. The number of benzene rings is 1. The van der Waals surface area contributed by atoms with Gasteiger partial charge in [0, 0.05) is 37.6 Å². The zero-order valence-electron chi connectivity index (χ0n) is 17.4. The molecule has 12 heteroatoms. The lowest BCUT2D eigenvalue weighted by atomic mass is 10.3. The van der Waals surface area contributed by atoms with Gasteiger partial charge >= 0.3 is 0 Å². The van der Waals surface area contributed by atoms with Gasteiger partial charge in [-0.1, -0.05) is 0 Å². The monoisotopic (exact) mass is 514 g/mol. The van der Waals surface area contributed by atoms with Gasteiger partial charge in [0.1, 0.15) is 16.5 Å². The van der Waals surface area contributed by atoms with Crippen molar-refractivity contribution in [3.05, 3.63) is 28.9 Å². The summed E-state index contributed by atoms with van der Waals surface area (Å²) in [6, 6.07) is 4.70. The highest BCUT2D eigenvalue weighted by atomic mass is 79.9. The molecule has 0 saturated heterocycles. The summed E-state index contributed by atoms with van der Waals surface area (Å²) in [7, 11) is -0.269. The van der Waals surface area contributed by atoms with E-state index >= 15 is 0 Å². The molecule has 0 amide bonds. The highest BCUT2D eigenvalue weighted by Crippen LogP contribution is 2.30. The predicted molar refractivity (Wildman–Crippen MR) is 122 cm³/mol. The smallest absolute Gasteiger partial charge is 0.244 e. The van der Waals surface area contributed by atoms with Crippen LogP contribution in [0, 0.1) is 0 Å². The molecule has 0 fully saturated rings. The lowest BCUT2D eigenvalue weighted by molar-refractivity contribution is 0.140. The summed E-state index contributed by atoms with van der Waals surface area (Å²) in [5.41, 5.74) is 0.592. The predicted octanol–water partition coefficient (Wildman–Crippen LogP) is 1.77. The van der Waals surface area contributed by atoms with Gasteiger partial charge in [-0.05, 0) is 55.0 Å². The van der Waals surface area contributed by atoms with Crippen molar-refractivity contribution in [2.75, 3.05) is 51.0 Å². The molecule has 0 radical (unpaired) electrons. The first-order chi connectivity index (χ1) is 14.7. The lowest BCUT2D eigenvalue weighted by Gasteiger charge is -2.18. The molecule has 10 nitrogen and oxygen atoms in total. The van der Waals surface area contributed by atoms with Crippen molar-refractivity contribution in [3.63, 3.8) is 0 Å². The summed E-state index contributed by atoms with van der Waals surface area (Å²) in [6.45, 7) is 1.30. The number of rotatable bonds is 6. The van der Waals surface area contributed by atoms with Crippen LogP contribution in [0.3, 0.4) is 0 Å². The maximum absolute atomic E-state index is 12.9. The van der Waals surface area contributed by atoms with Crippen molar-refractivity contribution in [2.45, 2.75) is 23.8 Å². The van der Waals surface area contributed by atoms with E-state index in [1.54, 1.807) is 37.3 Å². The number of anilines is 3. The van der Waals surface area contributed by atoms with Crippen LogP contribution in [-0.4, -0.2) is 74.8 Å². The third-order valence-electron chi connectivity index (χ3n) is 4.44. The molecule has 2 heterocycles. The minimum absolute atomic E-state index is 0.0144. The molecular formula is C19H27BrN6O4S. The molecular weight excluding hydrogens is 488 g/mol. The summed E-state index contributed by atoms with van der Waals surface area (Å²) in [5, 5.41) is 16.3. The lowest BCUT2D eigenvalue weighted by Crippen LogP contribution is -2.37. The third kappa shape index (κ3) is 6.74. The van der Waals surface area contributed by atoms with Crippen LogP contribution >= 0.6 is 15.9 Å². The summed E-state index contributed by atoms with van der Waals surface area (Å²) < 4.78 is 34.8. The van der Waals surface area contributed by atoms with Gasteiger partial charge in [0.15, 0.2) is 0 Å². The Labute approximate surface area is 190 Å². The molecule has 0 aliphatic carbocycles. The fourth-order valence-corrected chi connectivity index (χ4v) is 4.52. The molecule has 1 unspecified atom stereocenters. The van der Waals surface area contributed by atoms with E-state index in [1.165, 1.54) is 6.07 Å². The Bertz CT molecular complexity index is 1000. The molecule has 170 valence electrons. The first kappa shape index (κ1) is 23.7. The van der Waals surface area contributed by atoms with Crippen molar-refractivity contribution in [3.8, 4) is 5.75 Å². The summed E-state index contributed by atoms with van der Waals surface area (Å²) in [6.07, 6.45) is 2.37. The normalized spacial score (nSPS) is 15.5. The van der Waals surface area contributed by atoms with Crippen LogP contribution < -0.4 is 20.1 Å². The van der Waals surface area contributed by atoms with Gasteiger partial charge in [0.2, 0.25) is 16.0 Å². The molecule has 1 aliphatic heterocycles. The van der Waals surface area contributed by atoms with Gasteiger partial charge in [-0.3, -0.25) is 0 Å². The highest BCUT2D eigenvalue weighted by molar-refractivity contribution is 9.10. The maximum Gasteiger partial charge on any atom is 0.244 e. The second-order valence-electron chi connectivity index (χ2n) is 7.43. The van der Waals surface area contributed by atoms with Crippen molar-refractivity contribution >= 4 is 43.4 Å². The zero-order chi connectivity index (χ0) is 22.4. The number of hydrogen-bond acceptors (Lipinski definition) is 9. The van der Waals surface area contributed by atoms with E-state index in [2.05, 4.69) is 41.3 Å². The number of hydrogen-bond donors (Lipinski definition) is 4. The number of sulfonamides is 1. The first-order valence-corrected chi connectivity index (χ1v) is 12.1. The molecule has 4 N–H and O–H groups in total. The number of aromatic nitrogens is 2. The molecule has 1 atom stereocenters. The number of halogens is 1.